The van der Waals surface area contributed by atoms with Gasteiger partial charge in [0.25, 0.3) is 0 Å². The van der Waals surface area contributed by atoms with Crippen LogP contribution in [0.2, 0.25) is 10.0 Å². The monoisotopic (exact) mass is 401 g/mol. The molecular formula is C15H17Cl2N5O2S. The van der Waals surface area contributed by atoms with Gasteiger partial charge in [0, 0.05) is 23.7 Å². The molecule has 0 radical (unpaired) electrons. The summed E-state index contributed by atoms with van der Waals surface area (Å²) in [6.45, 7) is 1.29. The van der Waals surface area contributed by atoms with Gasteiger partial charge in [-0.2, -0.15) is 0 Å². The maximum absolute atomic E-state index is 11.9. The van der Waals surface area contributed by atoms with E-state index < -0.39 is 0 Å². The number of nitrogens with zero attached hydrogens (tertiary/aromatic N) is 3. The normalized spacial score (nSPS) is 17.0. The number of hydrogen-bond donors (Lipinski definition) is 2. The van der Waals surface area contributed by atoms with Gasteiger partial charge in [-0.1, -0.05) is 35.0 Å². The first-order valence-electron chi connectivity index (χ1n) is 7.71. The largest absolute Gasteiger partial charge is 0.376 e. The number of nitrogens with one attached hydrogen (secondary N) is 1. The quantitative estimate of drug-likeness (QED) is 0.569. The van der Waals surface area contributed by atoms with Crippen molar-refractivity contribution in [1.29, 1.82) is 0 Å². The molecule has 2 aromatic rings. The number of benzene rings is 1. The van der Waals surface area contributed by atoms with Gasteiger partial charge in [-0.3, -0.25) is 4.79 Å². The van der Waals surface area contributed by atoms with Crippen molar-refractivity contribution in [2.75, 3.05) is 24.7 Å². The highest BCUT2D eigenvalue weighted by Crippen LogP contribution is 2.30. The van der Waals surface area contributed by atoms with Crippen LogP contribution in [-0.4, -0.2) is 45.8 Å². The van der Waals surface area contributed by atoms with Crippen molar-refractivity contribution in [2.24, 2.45) is 0 Å². The van der Waals surface area contributed by atoms with E-state index in [4.69, 9.17) is 33.8 Å². The molecule has 1 aliphatic rings. The SMILES string of the molecule is Nn1c(SCC(=O)NC[C@H]2CCCO2)nnc1-c1cc(Cl)ccc1Cl. The zero-order chi connectivity index (χ0) is 17.8. The van der Waals surface area contributed by atoms with E-state index in [-0.39, 0.29) is 17.8 Å². The second-order valence-corrected chi connectivity index (χ2v) is 7.31. The van der Waals surface area contributed by atoms with Crippen molar-refractivity contribution >= 4 is 40.9 Å². The standard InChI is InChI=1S/C15H17Cl2N5O2S/c16-9-3-4-12(17)11(6-9)14-20-21-15(22(14)18)25-8-13(23)19-7-10-2-1-5-24-10/h3-4,6,10H,1-2,5,7-8,18H2,(H,19,23)/t10-/m1/s1. The molecule has 1 amide bonds. The molecule has 10 heteroatoms. The lowest BCUT2D eigenvalue weighted by molar-refractivity contribution is -0.119. The molecule has 0 spiro atoms. The molecule has 1 aliphatic heterocycles. The molecular weight excluding hydrogens is 385 g/mol. The van der Waals surface area contributed by atoms with Gasteiger partial charge in [0.2, 0.25) is 11.1 Å². The van der Waals surface area contributed by atoms with Crippen LogP contribution in [0.25, 0.3) is 11.4 Å². The van der Waals surface area contributed by atoms with Crippen molar-refractivity contribution in [1.82, 2.24) is 20.2 Å². The molecule has 0 aliphatic carbocycles. The average molecular weight is 402 g/mol. The minimum atomic E-state index is -0.106. The Labute approximate surface area is 159 Å². The number of thioether (sulfide) groups is 1. The molecule has 7 nitrogen and oxygen atoms in total. The number of aromatic nitrogens is 3. The van der Waals surface area contributed by atoms with Crippen LogP contribution in [0.15, 0.2) is 23.4 Å². The van der Waals surface area contributed by atoms with Crippen molar-refractivity contribution in [3.05, 3.63) is 28.2 Å². The molecule has 3 rings (SSSR count). The fourth-order valence-electron chi connectivity index (χ4n) is 2.44. The summed E-state index contributed by atoms with van der Waals surface area (Å²) in [5.41, 5.74) is 0.582. The Bertz CT molecular complexity index is 764. The molecule has 1 aromatic carbocycles. The molecule has 0 bridgehead atoms. The third-order valence-corrected chi connectivity index (χ3v) is 5.22. The topological polar surface area (TPSA) is 95.1 Å². The van der Waals surface area contributed by atoms with Crippen LogP contribution >= 0.6 is 35.0 Å². The smallest absolute Gasteiger partial charge is 0.230 e. The van der Waals surface area contributed by atoms with Crippen LogP contribution in [-0.2, 0) is 9.53 Å². The number of nitrogen functional groups attached to an aromatic ring is 1. The van der Waals surface area contributed by atoms with Crippen LogP contribution in [0.3, 0.4) is 0 Å². The summed E-state index contributed by atoms with van der Waals surface area (Å²) < 4.78 is 6.77. The Morgan fingerprint density at radius 1 is 1.44 bits per heavy atom. The first-order chi connectivity index (χ1) is 12.0. The van der Waals surface area contributed by atoms with Gasteiger partial charge in [-0.15, -0.1) is 10.2 Å². The van der Waals surface area contributed by atoms with Crippen molar-refractivity contribution in [2.45, 2.75) is 24.1 Å². The molecule has 25 heavy (non-hydrogen) atoms. The molecule has 1 saturated heterocycles. The molecule has 2 heterocycles. The Morgan fingerprint density at radius 3 is 3.04 bits per heavy atom. The van der Waals surface area contributed by atoms with E-state index in [9.17, 15) is 4.79 Å². The first kappa shape index (κ1) is 18.3. The molecule has 1 fully saturated rings. The summed E-state index contributed by atoms with van der Waals surface area (Å²) >= 11 is 13.4. The lowest BCUT2D eigenvalue weighted by Gasteiger charge is -2.10. The maximum Gasteiger partial charge on any atom is 0.230 e. The number of hydrogen-bond acceptors (Lipinski definition) is 6. The summed E-state index contributed by atoms with van der Waals surface area (Å²) in [5, 5.41) is 12.3. The van der Waals surface area contributed by atoms with Crippen molar-refractivity contribution < 1.29 is 9.53 Å². The van der Waals surface area contributed by atoms with E-state index >= 15 is 0 Å². The second kappa shape index (κ2) is 8.27. The predicted molar refractivity (Wildman–Crippen MR) is 98.3 cm³/mol. The average Bonchev–Trinajstić information content (AvgIpc) is 3.23. The van der Waals surface area contributed by atoms with E-state index in [0.717, 1.165) is 19.4 Å². The molecule has 1 atom stereocenters. The van der Waals surface area contributed by atoms with Gasteiger partial charge in [-0.05, 0) is 31.0 Å². The van der Waals surface area contributed by atoms with Crippen molar-refractivity contribution in [3.8, 4) is 11.4 Å². The molecule has 1 aromatic heterocycles. The van der Waals surface area contributed by atoms with E-state index in [1.807, 2.05) is 0 Å². The van der Waals surface area contributed by atoms with Gasteiger partial charge in [0.1, 0.15) is 0 Å². The van der Waals surface area contributed by atoms with Gasteiger partial charge in [0.15, 0.2) is 5.82 Å². The number of ether oxygens (including phenoxy) is 1. The fraction of sp³-hybridized carbons (Fsp3) is 0.400. The molecule has 0 saturated carbocycles. The van der Waals surface area contributed by atoms with Crippen LogP contribution in [0.1, 0.15) is 12.8 Å². The summed E-state index contributed by atoms with van der Waals surface area (Å²) in [4.78, 5) is 11.9. The number of amides is 1. The van der Waals surface area contributed by atoms with E-state index in [1.54, 1.807) is 18.2 Å². The van der Waals surface area contributed by atoms with E-state index in [2.05, 4.69) is 15.5 Å². The lowest BCUT2D eigenvalue weighted by Crippen LogP contribution is -2.33. The first-order valence-corrected chi connectivity index (χ1v) is 9.46. The highest BCUT2D eigenvalue weighted by molar-refractivity contribution is 7.99. The van der Waals surface area contributed by atoms with Gasteiger partial charge in [-0.25, -0.2) is 4.68 Å². The molecule has 0 unspecified atom stereocenters. The minimum Gasteiger partial charge on any atom is -0.376 e. The predicted octanol–water partition coefficient (Wildman–Crippen LogP) is 2.35. The third kappa shape index (κ3) is 4.58. The van der Waals surface area contributed by atoms with E-state index in [1.165, 1.54) is 16.4 Å². The van der Waals surface area contributed by atoms with Crippen LogP contribution in [0.5, 0.6) is 0 Å². The van der Waals surface area contributed by atoms with E-state index in [0.29, 0.717) is 33.1 Å². The summed E-state index contributed by atoms with van der Waals surface area (Å²) in [7, 11) is 0. The van der Waals surface area contributed by atoms with Gasteiger partial charge >= 0.3 is 0 Å². The second-order valence-electron chi connectivity index (χ2n) is 5.53. The zero-order valence-electron chi connectivity index (χ0n) is 13.2. The van der Waals surface area contributed by atoms with Crippen LogP contribution in [0.4, 0.5) is 0 Å². The maximum atomic E-state index is 11.9. The lowest BCUT2D eigenvalue weighted by atomic mass is 10.2. The highest BCUT2D eigenvalue weighted by Gasteiger charge is 2.18. The number of carbonyl (C=O) groups is 1. The van der Waals surface area contributed by atoms with Gasteiger partial charge < -0.3 is 15.9 Å². The zero-order valence-corrected chi connectivity index (χ0v) is 15.6. The molecule has 3 N–H and O–H groups in total. The third-order valence-electron chi connectivity index (χ3n) is 3.72. The van der Waals surface area contributed by atoms with Crippen LogP contribution < -0.4 is 11.2 Å². The Morgan fingerprint density at radius 2 is 2.28 bits per heavy atom. The summed E-state index contributed by atoms with van der Waals surface area (Å²) in [5.74, 6) is 6.50. The highest BCUT2D eigenvalue weighted by atomic mass is 35.5. The Balaban J connectivity index is 1.59. The number of carbonyl (C=O) groups excluding carboxylic acids is 1. The van der Waals surface area contributed by atoms with Gasteiger partial charge in [0.05, 0.1) is 16.9 Å². The Kier molecular flexibility index (Phi) is 6.06. The summed E-state index contributed by atoms with van der Waals surface area (Å²) in [6.07, 6.45) is 2.14. The molecule has 134 valence electrons. The number of nitrogens with two attached hydrogens (primary N) is 1. The minimum absolute atomic E-state index is 0.106. The summed E-state index contributed by atoms with van der Waals surface area (Å²) in [6, 6.07) is 5.01. The van der Waals surface area contributed by atoms with Crippen molar-refractivity contribution in [3.63, 3.8) is 0 Å². The number of rotatable bonds is 6. The van der Waals surface area contributed by atoms with Crippen LogP contribution in [0, 0.1) is 0 Å². The Hall–Kier alpha value is -1.48. The number of halogens is 2. The fourth-order valence-corrected chi connectivity index (χ4v) is 3.50.